The zero-order valence-electron chi connectivity index (χ0n) is 10.9. The molecule has 6 nitrogen and oxygen atoms in total. The van der Waals surface area contributed by atoms with Gasteiger partial charge in [0.2, 0.25) is 10.0 Å². The Hall–Kier alpha value is -1.44. The summed E-state index contributed by atoms with van der Waals surface area (Å²) in [5.41, 5.74) is 0.689. The number of sulfonamides is 1. The molecule has 1 aliphatic rings. The quantitative estimate of drug-likeness (QED) is 0.784. The molecular formula is C13H17N3O3S. The number of aromatic amines is 1. The Morgan fingerprint density at radius 1 is 1.40 bits per heavy atom. The van der Waals surface area contributed by atoms with Crippen molar-refractivity contribution in [2.24, 2.45) is 5.92 Å². The van der Waals surface area contributed by atoms with Crippen LogP contribution in [0, 0.1) is 5.92 Å². The minimum absolute atomic E-state index is 0.0145. The Labute approximate surface area is 117 Å². The third kappa shape index (κ3) is 2.56. The fourth-order valence-electron chi connectivity index (χ4n) is 2.64. The van der Waals surface area contributed by atoms with Crippen LogP contribution in [0.5, 0.6) is 0 Å². The molecule has 0 radical (unpaired) electrons. The van der Waals surface area contributed by atoms with E-state index >= 15 is 0 Å². The van der Waals surface area contributed by atoms with Crippen molar-refractivity contribution < 1.29 is 13.5 Å². The lowest BCUT2D eigenvalue weighted by atomic mass is 10.1. The van der Waals surface area contributed by atoms with Crippen LogP contribution >= 0.6 is 0 Å². The highest BCUT2D eigenvalue weighted by Crippen LogP contribution is 2.25. The maximum Gasteiger partial charge on any atom is 0.240 e. The largest absolute Gasteiger partial charge is 0.393 e. The zero-order valence-corrected chi connectivity index (χ0v) is 11.7. The van der Waals surface area contributed by atoms with E-state index < -0.39 is 16.1 Å². The molecule has 3 rings (SSSR count). The van der Waals surface area contributed by atoms with E-state index in [2.05, 4.69) is 14.9 Å². The Morgan fingerprint density at radius 2 is 2.25 bits per heavy atom. The van der Waals surface area contributed by atoms with Gasteiger partial charge in [0, 0.05) is 11.9 Å². The molecule has 1 aromatic heterocycles. The van der Waals surface area contributed by atoms with Crippen molar-refractivity contribution >= 4 is 20.9 Å². The van der Waals surface area contributed by atoms with Crippen molar-refractivity contribution in [1.82, 2.24) is 14.9 Å². The minimum Gasteiger partial charge on any atom is -0.393 e. The monoisotopic (exact) mass is 295 g/mol. The predicted molar refractivity (Wildman–Crippen MR) is 74.6 cm³/mol. The third-order valence-corrected chi connectivity index (χ3v) is 5.30. The number of hydrogen-bond acceptors (Lipinski definition) is 4. The third-order valence-electron chi connectivity index (χ3n) is 3.88. The van der Waals surface area contributed by atoms with Crippen LogP contribution in [0.3, 0.4) is 0 Å². The molecule has 1 heterocycles. The van der Waals surface area contributed by atoms with E-state index in [4.69, 9.17) is 0 Å². The summed E-state index contributed by atoms with van der Waals surface area (Å²) in [6, 6.07) is 4.85. The van der Waals surface area contributed by atoms with Crippen molar-refractivity contribution in [3.63, 3.8) is 0 Å². The lowest BCUT2D eigenvalue weighted by molar-refractivity contribution is 0.134. The molecule has 7 heteroatoms. The summed E-state index contributed by atoms with van der Waals surface area (Å²) in [6.07, 6.45) is 3.82. The van der Waals surface area contributed by atoms with E-state index in [9.17, 15) is 13.5 Å². The van der Waals surface area contributed by atoms with E-state index in [1.807, 2.05) is 0 Å². The predicted octanol–water partition coefficient (Wildman–Crippen LogP) is 1.00. The first kappa shape index (κ1) is 13.5. The van der Waals surface area contributed by atoms with Gasteiger partial charge in [-0.1, -0.05) is 6.42 Å². The number of aliphatic hydroxyl groups excluding tert-OH is 1. The van der Waals surface area contributed by atoms with E-state index in [-0.39, 0.29) is 17.4 Å². The zero-order chi connectivity index (χ0) is 14.2. The van der Waals surface area contributed by atoms with Crippen LogP contribution in [-0.2, 0) is 10.0 Å². The molecule has 1 aliphatic carbocycles. The van der Waals surface area contributed by atoms with Crippen LogP contribution in [-0.4, -0.2) is 36.4 Å². The van der Waals surface area contributed by atoms with Gasteiger partial charge in [-0.05, 0) is 37.0 Å². The average molecular weight is 295 g/mol. The molecule has 0 amide bonds. The summed E-state index contributed by atoms with van der Waals surface area (Å²) in [6.45, 7) is 0.282. The minimum atomic E-state index is -3.55. The molecule has 0 aliphatic heterocycles. The molecule has 0 bridgehead atoms. The molecule has 1 saturated carbocycles. The van der Waals surface area contributed by atoms with Gasteiger partial charge < -0.3 is 5.11 Å². The van der Waals surface area contributed by atoms with Gasteiger partial charge >= 0.3 is 0 Å². The second kappa shape index (κ2) is 5.16. The second-order valence-electron chi connectivity index (χ2n) is 5.23. The number of rotatable bonds is 4. The number of fused-ring (bicyclic) bond motifs is 1. The van der Waals surface area contributed by atoms with Crippen molar-refractivity contribution in [3.8, 4) is 0 Å². The second-order valence-corrected chi connectivity index (χ2v) is 7.00. The smallest absolute Gasteiger partial charge is 0.240 e. The van der Waals surface area contributed by atoms with Gasteiger partial charge in [-0.15, -0.1) is 0 Å². The Balaban J connectivity index is 1.76. The van der Waals surface area contributed by atoms with Gasteiger partial charge in [0.1, 0.15) is 0 Å². The molecule has 1 fully saturated rings. The lowest BCUT2D eigenvalue weighted by Gasteiger charge is -2.15. The summed E-state index contributed by atoms with van der Waals surface area (Å²) in [7, 11) is -3.55. The maximum atomic E-state index is 12.2. The molecular weight excluding hydrogens is 278 g/mol. The number of H-pyrrole nitrogens is 1. The van der Waals surface area contributed by atoms with Gasteiger partial charge in [-0.2, -0.15) is 5.10 Å². The van der Waals surface area contributed by atoms with Gasteiger partial charge in [0.05, 0.1) is 22.7 Å². The molecule has 2 aromatic rings. The highest BCUT2D eigenvalue weighted by molar-refractivity contribution is 7.89. The molecule has 1 aromatic carbocycles. The first-order valence-corrected chi connectivity index (χ1v) is 8.15. The van der Waals surface area contributed by atoms with Crippen LogP contribution in [0.1, 0.15) is 19.3 Å². The maximum absolute atomic E-state index is 12.2. The van der Waals surface area contributed by atoms with Crippen molar-refractivity contribution in [2.75, 3.05) is 6.54 Å². The summed E-state index contributed by atoms with van der Waals surface area (Å²) in [5.74, 6) is 0.0145. The topological polar surface area (TPSA) is 95.1 Å². The van der Waals surface area contributed by atoms with Crippen molar-refractivity contribution in [2.45, 2.75) is 30.3 Å². The standard InChI is InChI=1S/C13H17N3O3S/c17-13-3-1-2-10(13)8-15-20(18,19)11-5-4-9-7-14-16-12(9)6-11/h4-7,10,13,15,17H,1-3,8H2,(H,14,16)/t10-,13+/m0/s1. The molecule has 2 atom stereocenters. The van der Waals surface area contributed by atoms with Gasteiger partial charge in [0.25, 0.3) is 0 Å². The molecule has 108 valence electrons. The number of benzene rings is 1. The Bertz CT molecular complexity index is 710. The highest BCUT2D eigenvalue weighted by Gasteiger charge is 2.26. The molecule has 0 unspecified atom stereocenters. The van der Waals surface area contributed by atoms with Crippen LogP contribution in [0.2, 0.25) is 0 Å². The van der Waals surface area contributed by atoms with Gasteiger partial charge in [-0.3, -0.25) is 5.10 Å². The van der Waals surface area contributed by atoms with Crippen molar-refractivity contribution in [1.29, 1.82) is 0 Å². The Kier molecular flexibility index (Phi) is 3.49. The fraction of sp³-hybridized carbons (Fsp3) is 0.462. The summed E-state index contributed by atoms with van der Waals surface area (Å²) < 4.78 is 27.1. The van der Waals surface area contributed by atoms with Gasteiger partial charge in [-0.25, -0.2) is 13.1 Å². The summed E-state index contributed by atoms with van der Waals surface area (Å²) >= 11 is 0. The van der Waals surface area contributed by atoms with Crippen LogP contribution in [0.4, 0.5) is 0 Å². The van der Waals surface area contributed by atoms with Crippen LogP contribution in [0.15, 0.2) is 29.3 Å². The number of aromatic nitrogens is 2. The normalized spacial score (nSPS) is 23.4. The number of hydrogen-bond donors (Lipinski definition) is 3. The highest BCUT2D eigenvalue weighted by atomic mass is 32.2. The van der Waals surface area contributed by atoms with Crippen LogP contribution in [0.25, 0.3) is 10.9 Å². The van der Waals surface area contributed by atoms with E-state index in [1.54, 1.807) is 24.4 Å². The molecule has 20 heavy (non-hydrogen) atoms. The fourth-order valence-corrected chi connectivity index (χ4v) is 3.76. The van der Waals surface area contributed by atoms with E-state index in [0.717, 1.165) is 24.6 Å². The number of nitrogens with zero attached hydrogens (tertiary/aromatic N) is 1. The van der Waals surface area contributed by atoms with Crippen molar-refractivity contribution in [3.05, 3.63) is 24.4 Å². The summed E-state index contributed by atoms with van der Waals surface area (Å²) in [4.78, 5) is 0.210. The lowest BCUT2D eigenvalue weighted by Crippen LogP contribution is -2.32. The molecule has 3 N–H and O–H groups in total. The van der Waals surface area contributed by atoms with Gasteiger partial charge in [0.15, 0.2) is 0 Å². The van der Waals surface area contributed by atoms with E-state index in [0.29, 0.717) is 5.52 Å². The average Bonchev–Trinajstić information content (AvgIpc) is 3.04. The SMILES string of the molecule is O=S(=O)(NC[C@@H]1CCC[C@H]1O)c1ccc2cn[nH]c2c1. The van der Waals surface area contributed by atoms with E-state index in [1.165, 1.54) is 0 Å². The molecule has 0 saturated heterocycles. The number of nitrogens with one attached hydrogen (secondary N) is 2. The summed E-state index contributed by atoms with van der Waals surface area (Å²) in [5, 5.41) is 17.2. The van der Waals surface area contributed by atoms with Crippen LogP contribution < -0.4 is 4.72 Å². The Morgan fingerprint density at radius 3 is 3.00 bits per heavy atom. The first-order valence-electron chi connectivity index (χ1n) is 6.67. The number of aliphatic hydroxyl groups is 1. The molecule has 0 spiro atoms. The first-order chi connectivity index (χ1) is 9.56.